The Morgan fingerprint density at radius 2 is 0.951 bits per heavy atom. The van der Waals surface area contributed by atoms with Gasteiger partial charge in [0, 0.05) is 16.5 Å². The van der Waals surface area contributed by atoms with Crippen LogP contribution in [0.25, 0.3) is 21.5 Å². The third-order valence-electron chi connectivity index (χ3n) is 9.02. The molecule has 7 aromatic carbocycles. The van der Waals surface area contributed by atoms with E-state index in [2.05, 4.69) is 31.1 Å². The summed E-state index contributed by atoms with van der Waals surface area (Å²) in [6.07, 6.45) is -9.75. The average molecular weight is 896 g/mol. The number of anilines is 2. The molecule has 19 heteroatoms. The molecule has 0 aliphatic carbocycles. The van der Waals surface area contributed by atoms with Gasteiger partial charge in [0.2, 0.25) is 0 Å². The Balaban J connectivity index is 1.15. The first-order valence-electron chi connectivity index (χ1n) is 17.4. The van der Waals surface area contributed by atoms with Gasteiger partial charge in [-0.2, -0.15) is 26.3 Å². The number of hydrogen-bond donors (Lipinski definition) is 4. The van der Waals surface area contributed by atoms with Crippen LogP contribution in [0.5, 0.6) is 11.5 Å². The largest absolute Gasteiger partial charge is 0.505 e. The molecule has 0 aliphatic heterocycles. The summed E-state index contributed by atoms with van der Waals surface area (Å²) in [5, 5.41) is 42.8. The van der Waals surface area contributed by atoms with Crippen LogP contribution in [0.1, 0.15) is 31.8 Å². The fraction of sp³-hybridized carbons (Fsp3) is 0.0476. The molecule has 0 aliphatic rings. The molecule has 10 nitrogen and oxygen atoms in total. The molecule has 0 aromatic heterocycles. The number of nitrogens with zero attached hydrogens (tertiary/aromatic N) is 4. The van der Waals surface area contributed by atoms with E-state index in [1.54, 1.807) is 36.4 Å². The number of alkyl halides is 6. The molecule has 7 aromatic rings. The van der Waals surface area contributed by atoms with Gasteiger partial charge in [-0.3, -0.25) is 9.59 Å². The van der Waals surface area contributed by atoms with Crippen LogP contribution in [0.4, 0.5) is 60.5 Å². The third-order valence-corrected chi connectivity index (χ3v) is 9.96. The molecular formula is C42H23Cl3F6N6O4. The summed E-state index contributed by atoms with van der Waals surface area (Å²) in [6, 6.07) is 25.9. The van der Waals surface area contributed by atoms with E-state index in [-0.39, 0.29) is 49.7 Å². The van der Waals surface area contributed by atoms with Gasteiger partial charge >= 0.3 is 12.4 Å². The fourth-order valence-corrected chi connectivity index (χ4v) is 7.01. The Morgan fingerprint density at radius 3 is 1.39 bits per heavy atom. The van der Waals surface area contributed by atoms with Crippen molar-refractivity contribution in [3.8, 4) is 11.5 Å². The van der Waals surface area contributed by atoms with Gasteiger partial charge < -0.3 is 20.8 Å². The number of phenolic OH excluding ortho intramolecular Hbond substituents is 2. The maximum atomic E-state index is 13.8. The minimum atomic E-state index is -4.88. The first-order valence-corrected chi connectivity index (χ1v) is 18.5. The summed E-state index contributed by atoms with van der Waals surface area (Å²) in [5.74, 6) is -3.19. The van der Waals surface area contributed by atoms with E-state index in [1.807, 2.05) is 0 Å². The first kappa shape index (κ1) is 42.4. The van der Waals surface area contributed by atoms with Gasteiger partial charge in [-0.05, 0) is 65.4 Å². The van der Waals surface area contributed by atoms with Crippen molar-refractivity contribution < 1.29 is 46.1 Å². The van der Waals surface area contributed by atoms with Gasteiger partial charge in [-0.25, -0.2) is 0 Å². The SMILES string of the molecule is O=C(Nc1ccc(NC(=O)c2cc3ccccc3c(N=Nc3cccc(Cl)c3C(F)(F)F)c2O)c(Cl)c1)c1cc2ccccc2c(N=Nc2cccc(Cl)c2C(F)(F)F)c1O. The minimum absolute atomic E-state index is 0.00430. The lowest BCUT2D eigenvalue weighted by molar-refractivity contribution is -0.137. The number of azo groups is 2. The highest BCUT2D eigenvalue weighted by molar-refractivity contribution is 6.34. The van der Waals surface area contributed by atoms with Crippen molar-refractivity contribution in [3.63, 3.8) is 0 Å². The monoisotopic (exact) mass is 894 g/mol. The van der Waals surface area contributed by atoms with Crippen LogP contribution in [-0.2, 0) is 12.4 Å². The molecule has 0 bridgehead atoms. The molecule has 0 saturated carbocycles. The number of carbonyl (C=O) groups is 2. The predicted molar refractivity (Wildman–Crippen MR) is 220 cm³/mol. The smallest absolute Gasteiger partial charge is 0.419 e. The number of fused-ring (bicyclic) bond motifs is 2. The predicted octanol–water partition coefficient (Wildman–Crippen LogP) is 14.7. The number of rotatable bonds is 8. The van der Waals surface area contributed by atoms with E-state index in [0.717, 1.165) is 24.3 Å². The van der Waals surface area contributed by atoms with Gasteiger partial charge in [0.05, 0.1) is 43.3 Å². The zero-order chi connectivity index (χ0) is 43.8. The Hall–Kier alpha value is -6.75. The maximum absolute atomic E-state index is 13.8. The van der Waals surface area contributed by atoms with Crippen molar-refractivity contribution in [2.45, 2.75) is 12.4 Å². The normalized spacial score (nSPS) is 12.1. The topological polar surface area (TPSA) is 148 Å². The zero-order valence-electron chi connectivity index (χ0n) is 30.4. The number of phenols is 2. The van der Waals surface area contributed by atoms with Crippen LogP contribution in [-0.4, -0.2) is 22.0 Å². The van der Waals surface area contributed by atoms with E-state index in [0.29, 0.717) is 10.8 Å². The first-order chi connectivity index (χ1) is 28.9. The lowest BCUT2D eigenvalue weighted by Gasteiger charge is -2.14. The molecule has 0 heterocycles. The summed E-state index contributed by atoms with van der Waals surface area (Å²) in [7, 11) is 0. The average Bonchev–Trinajstić information content (AvgIpc) is 3.19. The van der Waals surface area contributed by atoms with Gasteiger partial charge in [0.15, 0.2) is 11.5 Å². The molecular weight excluding hydrogens is 873 g/mol. The molecule has 0 saturated heterocycles. The molecule has 4 N–H and O–H groups in total. The van der Waals surface area contributed by atoms with E-state index in [1.165, 1.54) is 54.6 Å². The number of amides is 2. The zero-order valence-corrected chi connectivity index (χ0v) is 32.6. The van der Waals surface area contributed by atoms with E-state index in [9.17, 15) is 46.1 Å². The molecule has 7 rings (SSSR count). The van der Waals surface area contributed by atoms with E-state index in [4.69, 9.17) is 34.8 Å². The Labute approximate surface area is 354 Å². The summed E-state index contributed by atoms with van der Waals surface area (Å²) in [4.78, 5) is 27.2. The summed E-state index contributed by atoms with van der Waals surface area (Å²) < 4.78 is 82.7. The molecule has 308 valence electrons. The number of halogens is 9. The highest BCUT2D eigenvalue weighted by atomic mass is 35.5. The van der Waals surface area contributed by atoms with E-state index < -0.39 is 68.2 Å². The molecule has 0 atom stereocenters. The minimum Gasteiger partial charge on any atom is -0.505 e. The quantitative estimate of drug-likeness (QED) is 0.0888. The van der Waals surface area contributed by atoms with Crippen LogP contribution in [0, 0.1) is 0 Å². The van der Waals surface area contributed by atoms with Crippen LogP contribution < -0.4 is 10.6 Å². The number of hydrogen-bond acceptors (Lipinski definition) is 8. The van der Waals surface area contributed by atoms with Crippen molar-refractivity contribution >= 4 is 102 Å². The molecule has 61 heavy (non-hydrogen) atoms. The number of benzene rings is 7. The van der Waals surface area contributed by atoms with Gasteiger partial charge in [0.1, 0.15) is 22.5 Å². The second-order valence-corrected chi connectivity index (χ2v) is 14.2. The number of nitrogens with one attached hydrogen (secondary N) is 2. The number of aromatic hydroxyl groups is 2. The lowest BCUT2D eigenvalue weighted by Crippen LogP contribution is -2.14. The van der Waals surface area contributed by atoms with Crippen molar-refractivity contribution in [1.82, 2.24) is 0 Å². The standard InChI is InChI=1S/C42H23Cl3F6N6O4/c43-27-11-5-13-31(33(27)41(46,47)48)54-56-35-23-9-3-1-7-20(23)17-25(37(35)58)39(60)52-22-15-16-30(29(45)19-22)53-40(61)26-18-21-8-2-4-10-24(21)36(38(26)59)57-55-32-14-6-12-28(44)34(32)42(49,50)51/h1-19,58-59H,(H,52,60)(H,53,61). The highest BCUT2D eigenvalue weighted by Gasteiger charge is 2.37. The number of carbonyl (C=O) groups excluding carboxylic acids is 2. The summed E-state index contributed by atoms with van der Waals surface area (Å²) >= 11 is 18.1. The van der Waals surface area contributed by atoms with Crippen molar-refractivity contribution in [2.24, 2.45) is 20.5 Å². The summed E-state index contributed by atoms with van der Waals surface area (Å²) in [6.45, 7) is 0. The second kappa shape index (κ2) is 16.7. The Kier molecular flexibility index (Phi) is 11.6. The Morgan fingerprint density at radius 1 is 0.508 bits per heavy atom. The lowest BCUT2D eigenvalue weighted by atomic mass is 10.0. The van der Waals surface area contributed by atoms with Crippen LogP contribution in [0.2, 0.25) is 15.1 Å². The van der Waals surface area contributed by atoms with Crippen molar-refractivity contribution in [3.05, 3.63) is 153 Å². The Bertz CT molecular complexity index is 2980. The van der Waals surface area contributed by atoms with Crippen molar-refractivity contribution in [1.29, 1.82) is 0 Å². The fourth-order valence-electron chi connectivity index (χ4n) is 6.23. The highest BCUT2D eigenvalue weighted by Crippen LogP contribution is 2.46. The van der Waals surface area contributed by atoms with Crippen LogP contribution in [0.3, 0.4) is 0 Å². The van der Waals surface area contributed by atoms with Crippen LogP contribution in [0.15, 0.2) is 136 Å². The van der Waals surface area contributed by atoms with Crippen LogP contribution >= 0.6 is 34.8 Å². The third kappa shape index (κ3) is 8.77. The molecule has 0 unspecified atom stereocenters. The van der Waals surface area contributed by atoms with E-state index >= 15 is 0 Å². The van der Waals surface area contributed by atoms with Crippen molar-refractivity contribution in [2.75, 3.05) is 10.6 Å². The molecule has 0 spiro atoms. The van der Waals surface area contributed by atoms with Gasteiger partial charge in [-0.1, -0.05) is 95.5 Å². The van der Waals surface area contributed by atoms with Gasteiger partial charge in [0.25, 0.3) is 11.8 Å². The molecule has 0 fully saturated rings. The summed E-state index contributed by atoms with van der Waals surface area (Å²) in [5.41, 5.74) is -4.93. The molecule has 0 radical (unpaired) electrons. The van der Waals surface area contributed by atoms with Gasteiger partial charge in [-0.15, -0.1) is 20.5 Å². The molecule has 2 amide bonds. The maximum Gasteiger partial charge on any atom is 0.419 e. The second-order valence-electron chi connectivity index (χ2n) is 13.0.